The highest BCUT2D eigenvalue weighted by molar-refractivity contribution is 7.89. The van der Waals surface area contributed by atoms with E-state index in [0.717, 1.165) is 36.1 Å². The molecular weight excluding hydrogens is 570 g/mol. The normalized spacial score (nSPS) is 19.1. The van der Waals surface area contributed by atoms with E-state index in [-0.39, 0.29) is 35.0 Å². The molecule has 3 atom stereocenters. The fourth-order valence-corrected chi connectivity index (χ4v) is 6.97. The topological polar surface area (TPSA) is 84.3 Å². The molecule has 1 fully saturated rings. The Hall–Kier alpha value is -3.89. The number of amides is 1. The number of fused-ring (bicyclic) bond motifs is 1. The second kappa shape index (κ2) is 12.8. The minimum Gasteiger partial charge on any atom is -0.337 e. The number of hydrogen-bond acceptors (Lipinski definition) is 4. The van der Waals surface area contributed by atoms with Crippen LogP contribution in [0.1, 0.15) is 67.6 Å². The summed E-state index contributed by atoms with van der Waals surface area (Å²) >= 11 is 0. The summed E-state index contributed by atoms with van der Waals surface area (Å²) in [5.74, 6) is -0.819. The molecule has 3 aromatic carbocycles. The molecular formula is C33H36F2N4O3S. The van der Waals surface area contributed by atoms with Crippen LogP contribution in [-0.2, 0) is 34.8 Å². The van der Waals surface area contributed by atoms with E-state index in [2.05, 4.69) is 9.71 Å². The smallest absolute Gasteiger partial charge is 0.241 e. The van der Waals surface area contributed by atoms with Gasteiger partial charge in [-0.3, -0.25) is 4.79 Å². The molecule has 0 radical (unpaired) electrons. The Labute approximate surface area is 251 Å². The van der Waals surface area contributed by atoms with Crippen molar-refractivity contribution in [3.63, 3.8) is 0 Å². The van der Waals surface area contributed by atoms with E-state index in [1.807, 2.05) is 49.9 Å². The fourth-order valence-electron chi connectivity index (χ4n) is 5.72. The van der Waals surface area contributed by atoms with E-state index in [1.54, 1.807) is 29.3 Å². The van der Waals surface area contributed by atoms with Crippen LogP contribution < -0.4 is 9.62 Å². The van der Waals surface area contributed by atoms with Crippen LogP contribution in [0, 0.1) is 17.6 Å². The summed E-state index contributed by atoms with van der Waals surface area (Å²) in [6.07, 6.45) is 6.21. The van der Waals surface area contributed by atoms with Gasteiger partial charge in [-0.05, 0) is 90.8 Å². The molecule has 3 unspecified atom stereocenters. The van der Waals surface area contributed by atoms with Crippen molar-refractivity contribution in [1.29, 1.82) is 0 Å². The summed E-state index contributed by atoms with van der Waals surface area (Å²) in [7, 11) is -2.05. The number of sulfonamides is 1. The molecule has 1 N–H and O–H groups in total. The number of benzene rings is 3. The zero-order valence-corrected chi connectivity index (χ0v) is 25.3. The number of nitrogens with one attached hydrogen (secondary N) is 1. The maximum Gasteiger partial charge on any atom is 0.241 e. The molecule has 1 amide bonds. The summed E-state index contributed by atoms with van der Waals surface area (Å²) in [5, 5.41) is 0. The number of rotatable bonds is 8. The molecule has 226 valence electrons. The lowest BCUT2D eigenvalue weighted by molar-refractivity contribution is -0.120. The van der Waals surface area contributed by atoms with Crippen LogP contribution in [0.15, 0.2) is 84.0 Å². The average molecular weight is 607 g/mol. The molecule has 0 aliphatic heterocycles. The first kappa shape index (κ1) is 30.6. The first-order chi connectivity index (χ1) is 20.7. The Balaban J connectivity index is 0.00000180. The first-order valence-electron chi connectivity index (χ1n) is 14.6. The van der Waals surface area contributed by atoms with Crippen molar-refractivity contribution in [2.75, 3.05) is 4.90 Å². The zero-order valence-electron chi connectivity index (χ0n) is 24.5. The molecule has 0 spiro atoms. The van der Waals surface area contributed by atoms with E-state index in [9.17, 15) is 22.0 Å². The van der Waals surface area contributed by atoms with Crippen LogP contribution in [0.3, 0.4) is 0 Å². The third kappa shape index (κ3) is 6.55. The van der Waals surface area contributed by atoms with Gasteiger partial charge in [0.25, 0.3) is 0 Å². The molecule has 0 bridgehead atoms. The zero-order chi connectivity index (χ0) is 30.7. The van der Waals surface area contributed by atoms with Crippen molar-refractivity contribution in [2.45, 2.75) is 62.9 Å². The van der Waals surface area contributed by atoms with Gasteiger partial charge in [0.2, 0.25) is 15.9 Å². The second-order valence-corrected chi connectivity index (χ2v) is 12.5. The summed E-state index contributed by atoms with van der Waals surface area (Å²) in [4.78, 5) is 20.0. The number of aromatic nitrogens is 2. The minimum atomic E-state index is -3.91. The van der Waals surface area contributed by atoms with Crippen LogP contribution in [0.4, 0.5) is 14.5 Å². The number of imidazole rings is 1. The monoisotopic (exact) mass is 606 g/mol. The number of halogens is 2. The van der Waals surface area contributed by atoms with E-state index >= 15 is 0 Å². The van der Waals surface area contributed by atoms with E-state index < -0.39 is 21.9 Å². The second-order valence-electron chi connectivity index (χ2n) is 10.8. The number of anilines is 1. The summed E-state index contributed by atoms with van der Waals surface area (Å²) in [5.41, 5.74) is 2.98. The predicted octanol–water partition coefficient (Wildman–Crippen LogP) is 6.42. The molecule has 10 heteroatoms. The Bertz CT molecular complexity index is 1710. The van der Waals surface area contributed by atoms with Crippen LogP contribution >= 0.6 is 0 Å². The molecule has 1 heterocycles. The number of aryl methyl sites for hydroxylation is 2. The predicted molar refractivity (Wildman–Crippen MR) is 162 cm³/mol. The van der Waals surface area contributed by atoms with Gasteiger partial charge < -0.3 is 9.47 Å². The van der Waals surface area contributed by atoms with Gasteiger partial charge in [-0.15, -0.1) is 0 Å². The number of carbonyl (C=O) groups excluding carboxylic acids is 1. The molecule has 2 aliphatic rings. The Morgan fingerprint density at radius 3 is 2.49 bits per heavy atom. The molecule has 7 nitrogen and oxygen atoms in total. The lowest BCUT2D eigenvalue weighted by Gasteiger charge is -2.29. The Kier molecular flexibility index (Phi) is 9.08. The molecule has 4 aromatic rings. The highest BCUT2D eigenvalue weighted by Crippen LogP contribution is 2.50. The molecule has 2 aliphatic carbocycles. The van der Waals surface area contributed by atoms with Gasteiger partial charge in [-0.25, -0.2) is 26.9 Å². The van der Waals surface area contributed by atoms with Gasteiger partial charge in [0.15, 0.2) is 0 Å². The van der Waals surface area contributed by atoms with Gasteiger partial charge in [0.1, 0.15) is 17.5 Å². The minimum absolute atomic E-state index is 0.0123. The van der Waals surface area contributed by atoms with E-state index in [4.69, 9.17) is 0 Å². The van der Waals surface area contributed by atoms with Crippen LogP contribution in [0.5, 0.6) is 0 Å². The van der Waals surface area contributed by atoms with Crippen LogP contribution in [0.2, 0.25) is 0 Å². The van der Waals surface area contributed by atoms with Crippen molar-refractivity contribution < 1.29 is 22.0 Å². The maximum atomic E-state index is 14.5. The number of carbonyl (C=O) groups is 1. The number of nitrogens with zero attached hydrogens (tertiary/aromatic N) is 3. The van der Waals surface area contributed by atoms with Gasteiger partial charge in [0, 0.05) is 37.1 Å². The van der Waals surface area contributed by atoms with Crippen LogP contribution in [-0.4, -0.2) is 23.9 Å². The molecule has 1 aromatic heterocycles. The molecule has 43 heavy (non-hydrogen) atoms. The van der Waals surface area contributed by atoms with E-state index in [0.29, 0.717) is 29.9 Å². The quantitative estimate of drug-likeness (QED) is 0.251. The lowest BCUT2D eigenvalue weighted by atomic mass is 9.87. The lowest BCUT2D eigenvalue weighted by Crippen LogP contribution is -2.34. The highest BCUT2D eigenvalue weighted by Gasteiger charge is 2.47. The molecule has 0 saturated heterocycles. The van der Waals surface area contributed by atoms with E-state index in [1.165, 1.54) is 18.2 Å². The third-order valence-corrected chi connectivity index (χ3v) is 9.56. The maximum absolute atomic E-state index is 14.5. The van der Waals surface area contributed by atoms with Gasteiger partial charge >= 0.3 is 0 Å². The van der Waals surface area contributed by atoms with Gasteiger partial charge in [0.05, 0.1) is 11.4 Å². The average Bonchev–Trinajstić information content (AvgIpc) is 3.70. The molecule has 1 saturated carbocycles. The SMILES string of the molecule is CC.Cn1ccnc1CN(C(=O)C1CC1c1ccccc1F)c1ccc2c(c1)C(NS(=O)(=O)c1ccc(F)cc1)CCC2. The summed E-state index contributed by atoms with van der Waals surface area (Å²) < 4.78 is 58.9. The molecule has 6 rings (SSSR count). The third-order valence-electron chi connectivity index (χ3n) is 8.08. The standard InChI is InChI=1S/C31H30F2N4O3S.C2H6/c1-36-16-15-34-30(36)19-37(31(38)27-18-26(27)24-6-2-3-7-28(24)33)22-12-9-20-5-4-8-29(25(20)17-22)35-41(39,40)23-13-10-21(32)11-14-23;1-2/h2-3,6-7,9-17,26-27,29,35H,4-5,8,18-19H2,1H3;1-2H3. The van der Waals surface area contributed by atoms with Crippen molar-refractivity contribution in [2.24, 2.45) is 13.0 Å². The van der Waals surface area contributed by atoms with Gasteiger partial charge in [-0.2, -0.15) is 0 Å². The highest BCUT2D eigenvalue weighted by atomic mass is 32.2. The van der Waals surface area contributed by atoms with Crippen molar-refractivity contribution in [3.8, 4) is 0 Å². The largest absolute Gasteiger partial charge is 0.337 e. The Morgan fingerprint density at radius 2 is 1.79 bits per heavy atom. The number of hydrogen-bond donors (Lipinski definition) is 1. The summed E-state index contributed by atoms with van der Waals surface area (Å²) in [6, 6.07) is 16.5. The van der Waals surface area contributed by atoms with Gasteiger partial charge in [-0.1, -0.05) is 38.1 Å². The van der Waals surface area contributed by atoms with Crippen molar-refractivity contribution in [3.05, 3.63) is 113 Å². The first-order valence-corrected chi connectivity index (χ1v) is 16.1. The Morgan fingerprint density at radius 1 is 1.05 bits per heavy atom. The van der Waals surface area contributed by atoms with Crippen LogP contribution in [0.25, 0.3) is 0 Å². The summed E-state index contributed by atoms with van der Waals surface area (Å²) in [6.45, 7) is 4.22. The fraction of sp³-hybridized carbons (Fsp3) is 0.333. The van der Waals surface area contributed by atoms with Crippen molar-refractivity contribution >= 4 is 21.6 Å². The van der Waals surface area contributed by atoms with Crippen molar-refractivity contribution in [1.82, 2.24) is 14.3 Å².